The fraction of sp³-hybridized carbons (Fsp3) is 0.452. The molecule has 0 fully saturated rings. The van der Waals surface area contributed by atoms with Crippen LogP contribution in [0.25, 0.3) is 22.4 Å². The third-order valence-electron chi connectivity index (χ3n) is 7.45. The number of ether oxygens (including phenoxy) is 1. The molecule has 0 spiro atoms. The quantitative estimate of drug-likeness (QED) is 0.262. The summed E-state index contributed by atoms with van der Waals surface area (Å²) in [6.45, 7) is 4.60. The average molecular weight is 442 g/mol. The van der Waals surface area contributed by atoms with Crippen LogP contribution in [0.3, 0.4) is 0 Å². The summed E-state index contributed by atoms with van der Waals surface area (Å²) in [6.07, 6.45) is 14.7. The molecule has 0 bridgehead atoms. The SMILES string of the molecule is CCCCCCC1(CCCCCC)c2ccccc2-c2ccc(-c3cc(OC)ccn3)cc21. The number of rotatable bonds is 12. The van der Waals surface area contributed by atoms with Gasteiger partial charge in [-0.2, -0.15) is 0 Å². The molecule has 0 amide bonds. The Morgan fingerprint density at radius 2 is 1.42 bits per heavy atom. The molecule has 3 aromatic rings. The van der Waals surface area contributed by atoms with Gasteiger partial charge in [0, 0.05) is 23.2 Å². The molecular weight excluding hydrogens is 402 g/mol. The second kappa shape index (κ2) is 11.0. The van der Waals surface area contributed by atoms with Crippen molar-refractivity contribution in [3.05, 3.63) is 71.9 Å². The second-order valence-corrected chi connectivity index (χ2v) is 9.59. The first-order valence-electron chi connectivity index (χ1n) is 13.0. The molecule has 1 aliphatic rings. The van der Waals surface area contributed by atoms with Crippen LogP contribution in [-0.4, -0.2) is 12.1 Å². The number of fused-ring (bicyclic) bond motifs is 3. The van der Waals surface area contributed by atoms with Crippen LogP contribution in [0.2, 0.25) is 0 Å². The molecule has 0 unspecified atom stereocenters. The zero-order valence-electron chi connectivity index (χ0n) is 20.7. The van der Waals surface area contributed by atoms with Crippen LogP contribution in [0.5, 0.6) is 5.75 Å². The molecule has 174 valence electrons. The van der Waals surface area contributed by atoms with Crippen LogP contribution in [0.1, 0.15) is 89.2 Å². The Bertz CT molecular complexity index is 1040. The van der Waals surface area contributed by atoms with E-state index in [1.165, 1.54) is 86.5 Å². The van der Waals surface area contributed by atoms with E-state index in [1.807, 2.05) is 18.3 Å². The Hall–Kier alpha value is -2.61. The first-order chi connectivity index (χ1) is 16.2. The zero-order chi connectivity index (χ0) is 23.1. The summed E-state index contributed by atoms with van der Waals surface area (Å²) in [5.74, 6) is 0.856. The fourth-order valence-corrected chi connectivity index (χ4v) is 5.68. The van der Waals surface area contributed by atoms with Crippen LogP contribution in [0.4, 0.5) is 0 Å². The Balaban J connectivity index is 1.78. The minimum Gasteiger partial charge on any atom is -0.497 e. The standard InChI is InChI=1S/C31H39NO/c1-4-6-8-12-19-31(20-13-9-7-5-2)28-15-11-10-14-26(28)27-17-16-24(22-29(27)31)30-23-25(33-3)18-21-32-30/h10-11,14-18,21-23H,4-9,12-13,19-20H2,1-3H3. The molecule has 2 aromatic carbocycles. The van der Waals surface area contributed by atoms with Crippen molar-refractivity contribution in [2.45, 2.75) is 83.5 Å². The van der Waals surface area contributed by atoms with Gasteiger partial charge in [0.2, 0.25) is 0 Å². The third-order valence-corrected chi connectivity index (χ3v) is 7.45. The Morgan fingerprint density at radius 1 is 0.727 bits per heavy atom. The van der Waals surface area contributed by atoms with E-state index in [-0.39, 0.29) is 5.41 Å². The number of methoxy groups -OCH3 is 1. The average Bonchev–Trinajstić information content (AvgIpc) is 3.14. The predicted octanol–water partition coefficient (Wildman–Crippen LogP) is 8.96. The van der Waals surface area contributed by atoms with Crippen molar-refractivity contribution in [1.82, 2.24) is 4.98 Å². The molecule has 2 nitrogen and oxygen atoms in total. The van der Waals surface area contributed by atoms with Gasteiger partial charge >= 0.3 is 0 Å². The summed E-state index contributed by atoms with van der Waals surface area (Å²) < 4.78 is 5.47. The number of unbranched alkanes of at least 4 members (excludes halogenated alkanes) is 6. The van der Waals surface area contributed by atoms with Gasteiger partial charge < -0.3 is 4.74 Å². The molecule has 0 saturated heterocycles. The van der Waals surface area contributed by atoms with E-state index in [2.05, 4.69) is 61.3 Å². The summed E-state index contributed by atoms with van der Waals surface area (Å²) in [4.78, 5) is 4.67. The van der Waals surface area contributed by atoms with Gasteiger partial charge in [0.15, 0.2) is 0 Å². The second-order valence-electron chi connectivity index (χ2n) is 9.59. The van der Waals surface area contributed by atoms with Crippen LogP contribution >= 0.6 is 0 Å². The van der Waals surface area contributed by atoms with Gasteiger partial charge in [0.1, 0.15) is 5.75 Å². The van der Waals surface area contributed by atoms with Crippen molar-refractivity contribution < 1.29 is 4.74 Å². The number of aromatic nitrogens is 1. The fourth-order valence-electron chi connectivity index (χ4n) is 5.68. The summed E-state index contributed by atoms with van der Waals surface area (Å²) in [6, 6.07) is 20.2. The largest absolute Gasteiger partial charge is 0.497 e. The molecule has 33 heavy (non-hydrogen) atoms. The lowest BCUT2D eigenvalue weighted by Crippen LogP contribution is -2.25. The predicted molar refractivity (Wildman–Crippen MR) is 140 cm³/mol. The van der Waals surface area contributed by atoms with E-state index >= 15 is 0 Å². The molecule has 0 aliphatic heterocycles. The van der Waals surface area contributed by atoms with Crippen molar-refractivity contribution in [2.24, 2.45) is 0 Å². The van der Waals surface area contributed by atoms with Crippen molar-refractivity contribution in [1.29, 1.82) is 0 Å². The smallest absolute Gasteiger partial charge is 0.122 e. The normalized spacial score (nSPS) is 13.5. The number of pyridine rings is 1. The summed E-state index contributed by atoms with van der Waals surface area (Å²) in [7, 11) is 1.72. The van der Waals surface area contributed by atoms with Gasteiger partial charge in [0.25, 0.3) is 0 Å². The Labute approximate surface area is 200 Å². The summed E-state index contributed by atoms with van der Waals surface area (Å²) >= 11 is 0. The molecule has 0 saturated carbocycles. The number of benzene rings is 2. The van der Waals surface area contributed by atoms with E-state index in [4.69, 9.17) is 4.74 Å². The molecule has 1 heterocycles. The maximum Gasteiger partial charge on any atom is 0.122 e. The highest BCUT2D eigenvalue weighted by Gasteiger charge is 2.42. The van der Waals surface area contributed by atoms with Gasteiger partial charge in [-0.3, -0.25) is 4.98 Å². The Morgan fingerprint density at radius 3 is 2.12 bits per heavy atom. The van der Waals surface area contributed by atoms with Crippen LogP contribution in [0.15, 0.2) is 60.8 Å². The summed E-state index contributed by atoms with van der Waals surface area (Å²) in [5.41, 5.74) is 8.20. The van der Waals surface area contributed by atoms with Gasteiger partial charge in [-0.05, 0) is 47.2 Å². The number of hydrogen-bond donors (Lipinski definition) is 0. The monoisotopic (exact) mass is 441 g/mol. The van der Waals surface area contributed by atoms with E-state index in [0.717, 1.165) is 11.4 Å². The molecule has 0 N–H and O–H groups in total. The highest BCUT2D eigenvalue weighted by molar-refractivity contribution is 5.83. The lowest BCUT2D eigenvalue weighted by atomic mass is 9.70. The summed E-state index contributed by atoms with van der Waals surface area (Å²) in [5, 5.41) is 0. The first kappa shape index (κ1) is 23.5. The van der Waals surface area contributed by atoms with Gasteiger partial charge in [-0.25, -0.2) is 0 Å². The van der Waals surface area contributed by atoms with E-state index in [0.29, 0.717) is 0 Å². The molecule has 4 rings (SSSR count). The molecular formula is C31H39NO. The van der Waals surface area contributed by atoms with Crippen molar-refractivity contribution in [3.8, 4) is 28.1 Å². The zero-order valence-corrected chi connectivity index (χ0v) is 20.7. The van der Waals surface area contributed by atoms with Crippen LogP contribution in [-0.2, 0) is 5.41 Å². The van der Waals surface area contributed by atoms with Gasteiger partial charge in [0.05, 0.1) is 12.8 Å². The van der Waals surface area contributed by atoms with Gasteiger partial charge in [-0.15, -0.1) is 0 Å². The molecule has 2 heteroatoms. The van der Waals surface area contributed by atoms with Crippen molar-refractivity contribution in [3.63, 3.8) is 0 Å². The number of hydrogen-bond acceptors (Lipinski definition) is 2. The lowest BCUT2D eigenvalue weighted by Gasteiger charge is -2.33. The molecule has 1 aromatic heterocycles. The first-order valence-corrected chi connectivity index (χ1v) is 13.0. The molecule has 0 atom stereocenters. The van der Waals surface area contributed by atoms with Crippen LogP contribution < -0.4 is 4.74 Å². The van der Waals surface area contributed by atoms with Crippen LogP contribution in [0, 0.1) is 0 Å². The Kier molecular flexibility index (Phi) is 7.85. The third kappa shape index (κ3) is 4.86. The lowest BCUT2D eigenvalue weighted by molar-refractivity contribution is 0.401. The topological polar surface area (TPSA) is 22.1 Å². The van der Waals surface area contributed by atoms with Crippen molar-refractivity contribution in [2.75, 3.05) is 7.11 Å². The molecule has 0 radical (unpaired) electrons. The highest BCUT2D eigenvalue weighted by Crippen LogP contribution is 2.54. The minimum absolute atomic E-state index is 0.113. The van der Waals surface area contributed by atoms with E-state index < -0.39 is 0 Å². The number of nitrogens with zero attached hydrogens (tertiary/aromatic N) is 1. The minimum atomic E-state index is 0.113. The van der Waals surface area contributed by atoms with E-state index in [9.17, 15) is 0 Å². The maximum atomic E-state index is 5.47. The molecule has 1 aliphatic carbocycles. The van der Waals surface area contributed by atoms with E-state index in [1.54, 1.807) is 12.7 Å². The van der Waals surface area contributed by atoms with Gasteiger partial charge in [-0.1, -0.05) is 102 Å². The highest BCUT2D eigenvalue weighted by atomic mass is 16.5. The maximum absolute atomic E-state index is 5.47. The van der Waals surface area contributed by atoms with Crippen molar-refractivity contribution >= 4 is 0 Å².